The Labute approximate surface area is 202 Å². The van der Waals surface area contributed by atoms with Crippen molar-refractivity contribution in [2.24, 2.45) is 0 Å². The number of likely N-dealkylation sites (tertiary alicyclic amines) is 1. The second kappa shape index (κ2) is 9.61. The van der Waals surface area contributed by atoms with Gasteiger partial charge in [0, 0.05) is 19.0 Å². The van der Waals surface area contributed by atoms with Crippen LogP contribution in [0.15, 0.2) is 51.7 Å². The molecule has 0 spiro atoms. The fraction of sp³-hybridized carbons (Fsp3) is 0.292. The van der Waals surface area contributed by atoms with Gasteiger partial charge in [0.05, 0.1) is 34.7 Å². The Morgan fingerprint density at radius 1 is 1.20 bits per heavy atom. The molecule has 0 bridgehead atoms. The molecule has 2 aromatic carbocycles. The van der Waals surface area contributed by atoms with Gasteiger partial charge in [-0.15, -0.1) is 0 Å². The van der Waals surface area contributed by atoms with Crippen molar-refractivity contribution in [3.05, 3.63) is 63.3 Å². The van der Waals surface area contributed by atoms with Crippen molar-refractivity contribution in [3.63, 3.8) is 0 Å². The fourth-order valence-electron chi connectivity index (χ4n) is 3.79. The number of rotatable bonds is 4. The number of alkyl halides is 3. The highest BCUT2D eigenvalue weighted by Crippen LogP contribution is 2.39. The number of hydrogen-bond donors (Lipinski definition) is 0. The van der Waals surface area contributed by atoms with Gasteiger partial charge in [-0.2, -0.15) is 13.2 Å². The molecule has 184 valence electrons. The van der Waals surface area contributed by atoms with Crippen LogP contribution < -0.4 is 10.2 Å². The Morgan fingerprint density at radius 3 is 2.69 bits per heavy atom. The quantitative estimate of drug-likeness (QED) is 0.375. The average molecular weight is 510 g/mol. The Balaban J connectivity index is 1.70. The lowest BCUT2D eigenvalue weighted by Gasteiger charge is -2.19. The van der Waals surface area contributed by atoms with E-state index >= 15 is 0 Å². The van der Waals surface area contributed by atoms with Gasteiger partial charge in [0.25, 0.3) is 0 Å². The number of fused-ring (bicyclic) bond motifs is 1. The van der Waals surface area contributed by atoms with E-state index in [1.165, 1.54) is 17.0 Å². The van der Waals surface area contributed by atoms with Gasteiger partial charge < -0.3 is 18.8 Å². The summed E-state index contributed by atoms with van der Waals surface area (Å²) >= 11 is 6.16. The molecule has 4 rings (SSSR count). The van der Waals surface area contributed by atoms with E-state index < -0.39 is 35.1 Å². The van der Waals surface area contributed by atoms with Gasteiger partial charge >= 0.3 is 18.1 Å². The van der Waals surface area contributed by atoms with Crippen molar-refractivity contribution in [2.75, 3.05) is 19.7 Å². The maximum atomic E-state index is 13.4. The van der Waals surface area contributed by atoms with Crippen LogP contribution in [-0.4, -0.2) is 42.6 Å². The van der Waals surface area contributed by atoms with Crippen LogP contribution in [0.2, 0.25) is 5.02 Å². The van der Waals surface area contributed by atoms with Crippen LogP contribution in [0.4, 0.5) is 13.2 Å². The van der Waals surface area contributed by atoms with E-state index in [-0.39, 0.29) is 59.2 Å². The summed E-state index contributed by atoms with van der Waals surface area (Å²) < 4.78 is 56.6. The van der Waals surface area contributed by atoms with Gasteiger partial charge in [0.2, 0.25) is 0 Å². The first kappa shape index (κ1) is 24.6. The van der Waals surface area contributed by atoms with Crippen LogP contribution >= 0.6 is 11.6 Å². The van der Waals surface area contributed by atoms with Crippen molar-refractivity contribution >= 4 is 34.4 Å². The maximum Gasteiger partial charge on any atom is 0.416 e. The molecular formula is C24H19ClF3NO6. The third-order valence-corrected chi connectivity index (χ3v) is 5.75. The van der Waals surface area contributed by atoms with Crippen molar-refractivity contribution < 1.29 is 36.7 Å². The summed E-state index contributed by atoms with van der Waals surface area (Å²) in [6.45, 7) is 1.74. The molecule has 1 aliphatic heterocycles. The maximum absolute atomic E-state index is 13.4. The van der Waals surface area contributed by atoms with Crippen LogP contribution in [0.1, 0.15) is 18.9 Å². The van der Waals surface area contributed by atoms with Crippen molar-refractivity contribution in [1.29, 1.82) is 0 Å². The van der Waals surface area contributed by atoms with Crippen LogP contribution in [0.3, 0.4) is 0 Å². The Morgan fingerprint density at radius 2 is 1.97 bits per heavy atom. The molecular weight excluding hydrogens is 491 g/mol. The summed E-state index contributed by atoms with van der Waals surface area (Å²) in [4.78, 5) is 37.7. The predicted octanol–water partition coefficient (Wildman–Crippen LogP) is 4.68. The number of benzene rings is 2. The number of esters is 1. The standard InChI is InChI=1S/C24H19ClF3NO6/c1-2-33-23(32)22(31)29-9-8-14(12-29)34-19-10-13(24(26,27)28)6-7-16(19)20-11-18(30)15-4-3-5-17(25)21(15)35-20/h3-7,10-11,14H,2,8-9,12H2,1H3/t14-/m0/s1. The predicted molar refractivity (Wildman–Crippen MR) is 120 cm³/mol. The smallest absolute Gasteiger partial charge is 0.416 e. The highest BCUT2D eigenvalue weighted by atomic mass is 35.5. The largest absolute Gasteiger partial charge is 0.488 e. The Kier molecular flexibility index (Phi) is 6.75. The van der Waals surface area contributed by atoms with Crippen molar-refractivity contribution in [1.82, 2.24) is 4.90 Å². The van der Waals surface area contributed by atoms with Crippen molar-refractivity contribution in [3.8, 4) is 17.1 Å². The zero-order chi connectivity index (χ0) is 25.3. The summed E-state index contributed by atoms with van der Waals surface area (Å²) in [6.07, 6.45) is -5.08. The molecule has 1 aliphatic rings. The zero-order valence-corrected chi connectivity index (χ0v) is 19.1. The first-order chi connectivity index (χ1) is 16.6. The minimum absolute atomic E-state index is 0.0270. The second-order valence-corrected chi connectivity index (χ2v) is 8.21. The number of carbonyl (C=O) groups is 2. The van der Waals surface area contributed by atoms with E-state index in [0.717, 1.165) is 24.3 Å². The number of amides is 1. The molecule has 0 saturated carbocycles. The van der Waals surface area contributed by atoms with Gasteiger partial charge in [0.1, 0.15) is 17.6 Å². The van der Waals surface area contributed by atoms with E-state index in [2.05, 4.69) is 0 Å². The second-order valence-electron chi connectivity index (χ2n) is 7.80. The summed E-state index contributed by atoms with van der Waals surface area (Å²) in [7, 11) is 0. The molecule has 1 fully saturated rings. The molecule has 0 N–H and O–H groups in total. The topological polar surface area (TPSA) is 86.0 Å². The number of hydrogen-bond acceptors (Lipinski definition) is 6. The minimum Gasteiger partial charge on any atom is -0.488 e. The normalized spacial score (nSPS) is 15.9. The highest BCUT2D eigenvalue weighted by molar-refractivity contribution is 6.34. The van der Waals surface area contributed by atoms with E-state index in [4.69, 9.17) is 25.5 Å². The third kappa shape index (κ3) is 5.12. The minimum atomic E-state index is -4.65. The van der Waals surface area contributed by atoms with Gasteiger partial charge in [-0.1, -0.05) is 17.7 Å². The van der Waals surface area contributed by atoms with Gasteiger partial charge in [0.15, 0.2) is 11.0 Å². The first-order valence-corrected chi connectivity index (χ1v) is 11.0. The first-order valence-electron chi connectivity index (χ1n) is 10.6. The number of nitrogens with zero attached hydrogens (tertiary/aromatic N) is 1. The van der Waals surface area contributed by atoms with Crippen molar-refractivity contribution in [2.45, 2.75) is 25.6 Å². The van der Waals surface area contributed by atoms with Crippen LogP contribution in [0.25, 0.3) is 22.3 Å². The fourth-order valence-corrected chi connectivity index (χ4v) is 4.00. The van der Waals surface area contributed by atoms with E-state index in [0.29, 0.717) is 0 Å². The van der Waals surface area contributed by atoms with E-state index in [1.54, 1.807) is 13.0 Å². The van der Waals surface area contributed by atoms with Crippen LogP contribution in [0, 0.1) is 0 Å². The summed E-state index contributed by atoms with van der Waals surface area (Å²) in [6, 6.07) is 8.58. The lowest BCUT2D eigenvalue weighted by molar-refractivity contribution is -0.159. The zero-order valence-electron chi connectivity index (χ0n) is 18.4. The highest BCUT2D eigenvalue weighted by Gasteiger charge is 2.35. The molecule has 35 heavy (non-hydrogen) atoms. The molecule has 3 aromatic rings. The molecule has 1 saturated heterocycles. The number of para-hydroxylation sites is 1. The van der Waals surface area contributed by atoms with Crippen LogP contribution in [-0.2, 0) is 20.5 Å². The van der Waals surface area contributed by atoms with Crippen LogP contribution in [0.5, 0.6) is 5.75 Å². The third-order valence-electron chi connectivity index (χ3n) is 5.46. The Hall–Kier alpha value is -3.53. The average Bonchev–Trinajstić information content (AvgIpc) is 3.27. The van der Waals surface area contributed by atoms with E-state index in [9.17, 15) is 27.6 Å². The Bertz CT molecular complexity index is 1350. The monoisotopic (exact) mass is 509 g/mol. The summed E-state index contributed by atoms with van der Waals surface area (Å²) in [5.41, 5.74) is -1.20. The lowest BCUT2D eigenvalue weighted by atomic mass is 10.1. The molecule has 0 unspecified atom stereocenters. The van der Waals surface area contributed by atoms with Gasteiger partial charge in [-0.25, -0.2) is 4.79 Å². The molecule has 7 nitrogen and oxygen atoms in total. The molecule has 2 heterocycles. The summed E-state index contributed by atoms with van der Waals surface area (Å²) in [5.74, 6) is -2.08. The molecule has 1 amide bonds. The number of ether oxygens (including phenoxy) is 2. The SMILES string of the molecule is CCOC(=O)C(=O)N1CC[C@H](Oc2cc(C(F)(F)F)ccc2-c2cc(=O)c3cccc(Cl)c3o2)C1. The van der Waals surface area contributed by atoms with Gasteiger partial charge in [-0.05, 0) is 37.3 Å². The molecule has 0 aliphatic carbocycles. The lowest BCUT2D eigenvalue weighted by Crippen LogP contribution is -2.37. The molecule has 1 aromatic heterocycles. The number of carbonyl (C=O) groups excluding carboxylic acids is 2. The summed E-state index contributed by atoms with van der Waals surface area (Å²) in [5, 5.41) is 0.388. The molecule has 0 radical (unpaired) electrons. The molecule has 1 atom stereocenters. The number of halogens is 4. The molecule has 11 heteroatoms. The van der Waals surface area contributed by atoms with Gasteiger partial charge in [-0.3, -0.25) is 9.59 Å². The van der Waals surface area contributed by atoms with E-state index in [1.807, 2.05) is 0 Å².